The van der Waals surface area contributed by atoms with Gasteiger partial charge in [-0.05, 0) is 12.5 Å². The summed E-state index contributed by atoms with van der Waals surface area (Å²) in [4.78, 5) is 38.8. The Morgan fingerprint density at radius 3 is 2.71 bits per heavy atom. The van der Waals surface area contributed by atoms with Gasteiger partial charge in [0.2, 0.25) is 11.8 Å². The van der Waals surface area contributed by atoms with E-state index in [0.29, 0.717) is 11.6 Å². The van der Waals surface area contributed by atoms with Crippen molar-refractivity contribution in [3.63, 3.8) is 0 Å². The van der Waals surface area contributed by atoms with Gasteiger partial charge in [0, 0.05) is 13.6 Å². The first-order valence-electron chi connectivity index (χ1n) is 7.60. The monoisotopic (exact) mass is 348 g/mol. The van der Waals surface area contributed by atoms with Gasteiger partial charge in [0.15, 0.2) is 0 Å². The molecule has 1 aliphatic heterocycles. The van der Waals surface area contributed by atoms with Crippen LogP contribution >= 0.6 is 11.8 Å². The second-order valence-corrected chi connectivity index (χ2v) is 6.23. The second-order valence-electron chi connectivity index (χ2n) is 5.24. The van der Waals surface area contributed by atoms with E-state index < -0.39 is 5.97 Å². The molecule has 1 aliphatic rings. The minimum Gasteiger partial charge on any atom is -0.463 e. The smallest absolute Gasteiger partial charge is 0.333 e. The molecule has 0 aromatic heterocycles. The first-order valence-corrected chi connectivity index (χ1v) is 8.59. The van der Waals surface area contributed by atoms with E-state index in [1.54, 1.807) is 18.9 Å². The van der Waals surface area contributed by atoms with E-state index in [4.69, 9.17) is 4.74 Å². The zero-order valence-corrected chi connectivity index (χ0v) is 14.5. The number of carbonyl (C=O) groups excluding carboxylic acids is 3. The van der Waals surface area contributed by atoms with Gasteiger partial charge in [-0.25, -0.2) is 4.79 Å². The molecule has 1 fully saturated rings. The van der Waals surface area contributed by atoms with Crippen molar-refractivity contribution in [1.82, 2.24) is 9.80 Å². The quantitative estimate of drug-likeness (QED) is 0.577. The fourth-order valence-corrected chi connectivity index (χ4v) is 3.12. The Morgan fingerprint density at radius 2 is 2.04 bits per heavy atom. The van der Waals surface area contributed by atoms with Crippen molar-refractivity contribution < 1.29 is 19.1 Å². The normalized spacial score (nSPS) is 15.7. The lowest BCUT2D eigenvalue weighted by molar-refractivity contribution is -0.138. The Morgan fingerprint density at radius 1 is 1.33 bits per heavy atom. The van der Waals surface area contributed by atoms with E-state index in [9.17, 15) is 14.4 Å². The van der Waals surface area contributed by atoms with E-state index in [0.717, 1.165) is 5.56 Å². The van der Waals surface area contributed by atoms with Gasteiger partial charge in [0.05, 0.1) is 23.5 Å². The summed E-state index contributed by atoms with van der Waals surface area (Å²) in [5.74, 6) is -0.660. The minimum absolute atomic E-state index is 0.0829. The number of hydrogen-bond donors (Lipinski definition) is 0. The molecule has 0 spiro atoms. The lowest BCUT2D eigenvalue weighted by atomic mass is 10.2. The predicted octanol–water partition coefficient (Wildman–Crippen LogP) is 1.62. The molecule has 24 heavy (non-hydrogen) atoms. The van der Waals surface area contributed by atoms with Crippen molar-refractivity contribution >= 4 is 29.5 Å². The molecule has 7 heteroatoms. The van der Waals surface area contributed by atoms with Crippen LogP contribution in [0.1, 0.15) is 12.5 Å². The molecule has 1 saturated heterocycles. The van der Waals surface area contributed by atoms with E-state index in [2.05, 4.69) is 0 Å². The van der Waals surface area contributed by atoms with E-state index in [1.807, 2.05) is 30.3 Å². The summed E-state index contributed by atoms with van der Waals surface area (Å²) in [6, 6.07) is 9.61. The minimum atomic E-state index is -0.509. The first kappa shape index (κ1) is 18.1. The van der Waals surface area contributed by atoms with Crippen molar-refractivity contribution in [2.24, 2.45) is 0 Å². The average molecular weight is 348 g/mol. The third kappa shape index (κ3) is 4.86. The standard InChI is InChI=1S/C17H20N2O4S/c1-3-23-17(22)9-16-19(15(21)12-24-16)11-14(20)18(2)10-13-7-5-4-6-8-13/h4-9H,3,10-12H2,1-2H3/b16-9-. The molecule has 128 valence electrons. The molecule has 6 nitrogen and oxygen atoms in total. The number of hydrogen-bond acceptors (Lipinski definition) is 5. The molecular weight excluding hydrogens is 328 g/mol. The third-order valence-electron chi connectivity index (χ3n) is 3.42. The Kier molecular flexibility index (Phi) is 6.43. The highest BCUT2D eigenvalue weighted by Crippen LogP contribution is 2.28. The fraction of sp³-hybridized carbons (Fsp3) is 0.353. The SMILES string of the molecule is CCOC(=O)/C=C1\SCC(=O)N1CC(=O)N(C)Cc1ccccc1. The van der Waals surface area contributed by atoms with Gasteiger partial charge in [0.1, 0.15) is 6.54 Å². The lowest BCUT2D eigenvalue weighted by Gasteiger charge is -2.22. The molecule has 1 aromatic carbocycles. The van der Waals surface area contributed by atoms with Crippen molar-refractivity contribution in [1.29, 1.82) is 0 Å². The second kappa shape index (κ2) is 8.54. The molecule has 0 bridgehead atoms. The summed E-state index contributed by atoms with van der Waals surface area (Å²) < 4.78 is 4.86. The molecule has 0 atom stereocenters. The Balaban J connectivity index is 2.00. The molecule has 0 aliphatic carbocycles. The Hall–Kier alpha value is -2.28. The maximum absolute atomic E-state index is 12.4. The van der Waals surface area contributed by atoms with Crippen LogP contribution in [0.2, 0.25) is 0 Å². The molecular formula is C17H20N2O4S. The van der Waals surface area contributed by atoms with Gasteiger partial charge in [-0.1, -0.05) is 42.1 Å². The van der Waals surface area contributed by atoms with Crippen LogP contribution in [0.25, 0.3) is 0 Å². The van der Waals surface area contributed by atoms with Crippen molar-refractivity contribution in [2.45, 2.75) is 13.5 Å². The topological polar surface area (TPSA) is 66.9 Å². The van der Waals surface area contributed by atoms with Gasteiger partial charge in [0.25, 0.3) is 0 Å². The highest BCUT2D eigenvalue weighted by atomic mass is 32.2. The largest absolute Gasteiger partial charge is 0.463 e. The highest BCUT2D eigenvalue weighted by molar-refractivity contribution is 8.04. The van der Waals surface area contributed by atoms with E-state index in [-0.39, 0.29) is 30.7 Å². The zero-order valence-electron chi connectivity index (χ0n) is 13.7. The van der Waals surface area contributed by atoms with Gasteiger partial charge in [-0.2, -0.15) is 0 Å². The van der Waals surface area contributed by atoms with Crippen LogP contribution in [0.15, 0.2) is 41.4 Å². The maximum Gasteiger partial charge on any atom is 0.333 e. The number of nitrogens with zero attached hydrogens (tertiary/aromatic N) is 2. The predicted molar refractivity (Wildman–Crippen MR) is 91.8 cm³/mol. The summed E-state index contributed by atoms with van der Waals surface area (Å²) in [7, 11) is 1.69. The molecule has 2 amide bonds. The van der Waals surface area contributed by atoms with E-state index in [1.165, 1.54) is 22.7 Å². The maximum atomic E-state index is 12.4. The van der Waals surface area contributed by atoms with Crippen LogP contribution in [0, 0.1) is 0 Å². The summed E-state index contributed by atoms with van der Waals surface area (Å²) in [6.07, 6.45) is 1.27. The molecule has 2 rings (SSSR count). The molecule has 0 saturated carbocycles. The van der Waals surface area contributed by atoms with Crippen LogP contribution in [0.5, 0.6) is 0 Å². The molecule has 0 unspecified atom stereocenters. The van der Waals surface area contributed by atoms with Gasteiger partial charge >= 0.3 is 5.97 Å². The van der Waals surface area contributed by atoms with Crippen molar-refractivity contribution in [3.8, 4) is 0 Å². The number of thioether (sulfide) groups is 1. The van der Waals surface area contributed by atoms with Gasteiger partial charge < -0.3 is 9.64 Å². The van der Waals surface area contributed by atoms with Crippen LogP contribution in [-0.4, -0.2) is 53.5 Å². The van der Waals surface area contributed by atoms with E-state index >= 15 is 0 Å². The molecule has 1 aromatic rings. The fourth-order valence-electron chi connectivity index (χ4n) is 2.19. The van der Waals surface area contributed by atoms with Crippen molar-refractivity contribution in [2.75, 3.05) is 26.0 Å². The third-order valence-corrected chi connectivity index (χ3v) is 4.45. The number of ether oxygens (including phenoxy) is 1. The highest BCUT2D eigenvalue weighted by Gasteiger charge is 2.30. The Bertz CT molecular complexity index is 645. The molecule has 0 N–H and O–H groups in total. The summed E-state index contributed by atoms with van der Waals surface area (Å²) in [5.41, 5.74) is 1.01. The number of likely N-dealkylation sites (N-methyl/N-ethyl adjacent to an activating group) is 1. The van der Waals surface area contributed by atoms with Gasteiger partial charge in [-0.3, -0.25) is 14.5 Å². The zero-order chi connectivity index (χ0) is 17.5. The lowest BCUT2D eigenvalue weighted by Crippen LogP contribution is -2.38. The summed E-state index contributed by atoms with van der Waals surface area (Å²) in [5, 5.41) is 0.458. The molecule has 0 radical (unpaired) electrons. The number of carbonyl (C=O) groups is 3. The van der Waals surface area contributed by atoms with Crippen molar-refractivity contribution in [3.05, 3.63) is 47.0 Å². The van der Waals surface area contributed by atoms with Crippen LogP contribution in [-0.2, 0) is 25.7 Å². The van der Waals surface area contributed by atoms with Crippen LogP contribution < -0.4 is 0 Å². The average Bonchev–Trinajstić information content (AvgIpc) is 2.89. The van der Waals surface area contributed by atoms with Crippen LogP contribution in [0.4, 0.5) is 0 Å². The number of esters is 1. The summed E-state index contributed by atoms with van der Waals surface area (Å²) in [6.45, 7) is 2.36. The van der Waals surface area contributed by atoms with Gasteiger partial charge in [-0.15, -0.1) is 0 Å². The summed E-state index contributed by atoms with van der Waals surface area (Å²) >= 11 is 1.24. The number of rotatable bonds is 6. The number of amides is 2. The molecule has 1 heterocycles. The van der Waals surface area contributed by atoms with Crippen LogP contribution in [0.3, 0.4) is 0 Å². The first-order chi connectivity index (χ1) is 11.5. The Labute approximate surface area is 145 Å². The number of benzene rings is 1.